The molecule has 0 fully saturated rings. The van der Waals surface area contributed by atoms with E-state index in [1.807, 2.05) is 0 Å². The van der Waals surface area contributed by atoms with Crippen molar-refractivity contribution in [3.63, 3.8) is 0 Å². The van der Waals surface area contributed by atoms with Crippen LogP contribution in [0.15, 0.2) is 47.4 Å². The van der Waals surface area contributed by atoms with E-state index in [2.05, 4.69) is 9.72 Å². The summed E-state index contributed by atoms with van der Waals surface area (Å²) < 4.78 is 44.9. The Morgan fingerprint density at radius 3 is 2.56 bits per heavy atom. The lowest BCUT2D eigenvalue weighted by Crippen LogP contribution is -2.24. The maximum Gasteiger partial charge on any atom is 0.429 e. The van der Waals surface area contributed by atoms with E-state index >= 15 is 0 Å². The molecule has 6 heteroatoms. The van der Waals surface area contributed by atoms with E-state index in [0.717, 1.165) is 30.5 Å². The highest BCUT2D eigenvalue weighted by Gasteiger charge is 2.37. The molecule has 0 amide bonds. The third-order valence-electron chi connectivity index (χ3n) is 2.18. The van der Waals surface area contributed by atoms with Gasteiger partial charge in [-0.1, -0.05) is 12.1 Å². The zero-order chi connectivity index (χ0) is 13.2. The lowest BCUT2D eigenvalue weighted by molar-refractivity contribution is -0.187. The number of rotatable bonds is 3. The van der Waals surface area contributed by atoms with Gasteiger partial charge in [0.25, 0.3) is 5.56 Å². The highest BCUT2D eigenvalue weighted by atomic mass is 19.3. The van der Waals surface area contributed by atoms with E-state index in [-0.39, 0.29) is 5.75 Å². The molecule has 0 aliphatic carbocycles. The zero-order valence-electron chi connectivity index (χ0n) is 8.99. The number of halogens is 3. The molecule has 0 saturated heterocycles. The van der Waals surface area contributed by atoms with E-state index < -0.39 is 23.0 Å². The average molecular weight is 255 g/mol. The van der Waals surface area contributed by atoms with Crippen molar-refractivity contribution in [3.8, 4) is 5.75 Å². The topological polar surface area (TPSA) is 42.1 Å². The van der Waals surface area contributed by atoms with Gasteiger partial charge in [-0.2, -0.15) is 8.78 Å². The van der Waals surface area contributed by atoms with Gasteiger partial charge in [-0.05, 0) is 18.2 Å². The summed E-state index contributed by atoms with van der Waals surface area (Å²) in [5, 5.41) is 0. The van der Waals surface area contributed by atoms with E-state index in [4.69, 9.17) is 0 Å². The fourth-order valence-electron chi connectivity index (χ4n) is 1.39. The minimum atomic E-state index is -3.85. The van der Waals surface area contributed by atoms with Crippen LogP contribution in [0.2, 0.25) is 0 Å². The largest absolute Gasteiger partial charge is 0.429 e. The summed E-state index contributed by atoms with van der Waals surface area (Å²) in [5.41, 5.74) is -1.47. The Morgan fingerprint density at radius 2 is 1.89 bits per heavy atom. The van der Waals surface area contributed by atoms with Crippen LogP contribution in [0.4, 0.5) is 13.2 Å². The SMILES string of the molecule is O=c1cc(OC(F)(F)c2ccccc2F)cc[nH]1. The summed E-state index contributed by atoms with van der Waals surface area (Å²) in [7, 11) is 0. The summed E-state index contributed by atoms with van der Waals surface area (Å²) in [4.78, 5) is 13.2. The van der Waals surface area contributed by atoms with Crippen molar-refractivity contribution < 1.29 is 17.9 Å². The van der Waals surface area contributed by atoms with Gasteiger partial charge < -0.3 is 9.72 Å². The Labute approximate surface area is 99.8 Å². The van der Waals surface area contributed by atoms with Crippen molar-refractivity contribution in [1.82, 2.24) is 4.98 Å². The molecule has 1 heterocycles. The van der Waals surface area contributed by atoms with Crippen molar-refractivity contribution in [2.75, 3.05) is 0 Å². The Morgan fingerprint density at radius 1 is 1.17 bits per heavy atom. The second-order valence-corrected chi connectivity index (χ2v) is 3.49. The second-order valence-electron chi connectivity index (χ2n) is 3.49. The molecular weight excluding hydrogens is 247 g/mol. The Kier molecular flexibility index (Phi) is 3.10. The van der Waals surface area contributed by atoms with E-state index in [1.165, 1.54) is 12.1 Å². The molecule has 0 bridgehead atoms. The Hall–Kier alpha value is -2.24. The molecule has 0 unspecified atom stereocenters. The van der Waals surface area contributed by atoms with Crippen LogP contribution in [0, 0.1) is 5.82 Å². The third-order valence-corrected chi connectivity index (χ3v) is 2.18. The number of ether oxygens (including phenoxy) is 1. The van der Waals surface area contributed by atoms with Gasteiger partial charge in [-0.25, -0.2) is 4.39 Å². The molecule has 0 aliphatic heterocycles. The third kappa shape index (κ3) is 2.53. The van der Waals surface area contributed by atoms with Crippen molar-refractivity contribution in [3.05, 3.63) is 64.3 Å². The molecule has 18 heavy (non-hydrogen) atoms. The Bertz CT molecular complexity index is 610. The maximum atomic E-state index is 13.7. The number of nitrogens with one attached hydrogen (secondary N) is 1. The van der Waals surface area contributed by atoms with E-state index in [9.17, 15) is 18.0 Å². The smallest absolute Gasteiger partial charge is 0.429 e. The predicted octanol–water partition coefficient (Wildman–Crippen LogP) is 2.64. The molecular formula is C12H8F3NO2. The van der Waals surface area contributed by atoms with Gasteiger partial charge in [0.15, 0.2) is 0 Å². The summed E-state index contributed by atoms with van der Waals surface area (Å²) in [6.07, 6.45) is -2.69. The molecule has 1 aromatic carbocycles. The number of aromatic nitrogens is 1. The molecule has 0 aliphatic rings. The number of benzene rings is 1. The standard InChI is InChI=1S/C12H8F3NO2/c13-10-4-2-1-3-9(10)12(14,15)18-8-5-6-16-11(17)7-8/h1-7H,(H,16,17). The molecule has 0 atom stereocenters. The van der Waals surface area contributed by atoms with Gasteiger partial charge in [0, 0.05) is 12.3 Å². The van der Waals surface area contributed by atoms with Crippen LogP contribution in [0.1, 0.15) is 5.56 Å². The molecule has 2 aromatic rings. The number of alkyl halides is 2. The fourth-order valence-corrected chi connectivity index (χ4v) is 1.39. The van der Waals surface area contributed by atoms with Crippen LogP contribution in [0.5, 0.6) is 5.75 Å². The number of hydrogen-bond acceptors (Lipinski definition) is 2. The lowest BCUT2D eigenvalue weighted by Gasteiger charge is -2.18. The summed E-state index contributed by atoms with van der Waals surface area (Å²) in [6.45, 7) is 0. The van der Waals surface area contributed by atoms with Gasteiger partial charge in [0.05, 0.1) is 5.56 Å². The summed E-state index contributed by atoms with van der Waals surface area (Å²) >= 11 is 0. The number of aromatic amines is 1. The van der Waals surface area contributed by atoms with Crippen molar-refractivity contribution in [1.29, 1.82) is 0 Å². The first kappa shape index (κ1) is 12.2. The Balaban J connectivity index is 2.33. The molecule has 0 radical (unpaired) electrons. The summed E-state index contributed by atoms with van der Waals surface area (Å²) in [6, 6.07) is 6.40. The monoisotopic (exact) mass is 255 g/mol. The van der Waals surface area contributed by atoms with Crippen LogP contribution in [-0.2, 0) is 6.11 Å². The molecule has 2 rings (SSSR count). The average Bonchev–Trinajstić information content (AvgIpc) is 2.28. The fraction of sp³-hybridized carbons (Fsp3) is 0.0833. The first-order chi connectivity index (χ1) is 8.49. The molecule has 1 N–H and O–H groups in total. The number of hydrogen-bond donors (Lipinski definition) is 1. The molecule has 0 saturated carbocycles. The molecule has 1 aromatic heterocycles. The van der Waals surface area contributed by atoms with Crippen LogP contribution in [0.25, 0.3) is 0 Å². The van der Waals surface area contributed by atoms with E-state index in [1.54, 1.807) is 0 Å². The van der Waals surface area contributed by atoms with Crippen LogP contribution in [-0.4, -0.2) is 4.98 Å². The predicted molar refractivity (Wildman–Crippen MR) is 58.0 cm³/mol. The van der Waals surface area contributed by atoms with Crippen molar-refractivity contribution in [2.45, 2.75) is 6.11 Å². The van der Waals surface area contributed by atoms with Crippen LogP contribution >= 0.6 is 0 Å². The number of H-pyrrole nitrogens is 1. The minimum absolute atomic E-state index is 0.341. The highest BCUT2D eigenvalue weighted by molar-refractivity contribution is 5.24. The quantitative estimate of drug-likeness (QED) is 0.916. The minimum Gasteiger partial charge on any atom is -0.429 e. The van der Waals surface area contributed by atoms with Crippen molar-refractivity contribution in [2.24, 2.45) is 0 Å². The van der Waals surface area contributed by atoms with Crippen molar-refractivity contribution >= 4 is 0 Å². The van der Waals surface area contributed by atoms with Crippen LogP contribution < -0.4 is 10.3 Å². The van der Waals surface area contributed by atoms with E-state index in [0.29, 0.717) is 0 Å². The first-order valence-electron chi connectivity index (χ1n) is 4.99. The van der Waals surface area contributed by atoms with Gasteiger partial charge in [-0.15, -0.1) is 0 Å². The highest BCUT2D eigenvalue weighted by Crippen LogP contribution is 2.32. The van der Waals surface area contributed by atoms with Gasteiger partial charge in [-0.3, -0.25) is 4.79 Å². The molecule has 3 nitrogen and oxygen atoms in total. The van der Waals surface area contributed by atoms with Gasteiger partial charge in [0.2, 0.25) is 0 Å². The number of pyridine rings is 1. The normalized spacial score (nSPS) is 11.3. The second kappa shape index (κ2) is 4.56. The summed E-state index contributed by atoms with van der Waals surface area (Å²) in [5.74, 6) is -1.42. The first-order valence-corrected chi connectivity index (χ1v) is 4.99. The molecule has 0 spiro atoms. The van der Waals surface area contributed by atoms with Gasteiger partial charge in [0.1, 0.15) is 11.6 Å². The zero-order valence-corrected chi connectivity index (χ0v) is 8.99. The van der Waals surface area contributed by atoms with Crippen LogP contribution in [0.3, 0.4) is 0 Å². The molecule has 94 valence electrons. The maximum absolute atomic E-state index is 13.7. The van der Waals surface area contributed by atoms with Gasteiger partial charge >= 0.3 is 6.11 Å². The lowest BCUT2D eigenvalue weighted by atomic mass is 10.2.